The number of carbonyl (C=O) groups excluding carboxylic acids is 1. The fourth-order valence-corrected chi connectivity index (χ4v) is 2.89. The van der Waals surface area contributed by atoms with Crippen molar-refractivity contribution in [3.05, 3.63) is 42.0 Å². The molecule has 0 aromatic heterocycles. The van der Waals surface area contributed by atoms with Gasteiger partial charge in [-0.2, -0.15) is 0 Å². The van der Waals surface area contributed by atoms with Crippen LogP contribution in [0.3, 0.4) is 0 Å². The predicted molar refractivity (Wildman–Crippen MR) is 97.7 cm³/mol. The van der Waals surface area contributed by atoms with Crippen molar-refractivity contribution >= 4 is 29.3 Å². The maximum absolute atomic E-state index is 12.0. The van der Waals surface area contributed by atoms with Crippen molar-refractivity contribution in [2.24, 2.45) is 0 Å². The second kappa shape index (κ2) is 5.90. The van der Waals surface area contributed by atoms with Gasteiger partial charge in [0.25, 0.3) is 5.91 Å². The normalized spacial score (nSPS) is 18.8. The van der Waals surface area contributed by atoms with Gasteiger partial charge in [0.15, 0.2) is 0 Å². The lowest BCUT2D eigenvalue weighted by Crippen LogP contribution is -2.41. The second-order valence-corrected chi connectivity index (χ2v) is 7.23. The summed E-state index contributed by atoms with van der Waals surface area (Å²) in [5.74, 6) is -0.0552. The zero-order valence-corrected chi connectivity index (χ0v) is 15.0. The van der Waals surface area contributed by atoms with Gasteiger partial charge in [-0.1, -0.05) is 24.3 Å². The number of nitrogens with one attached hydrogen (secondary N) is 1. The summed E-state index contributed by atoms with van der Waals surface area (Å²) in [6, 6.07) is 11.7. The van der Waals surface area contributed by atoms with Crippen molar-refractivity contribution in [3.63, 3.8) is 0 Å². The number of hydrogen-bond acceptors (Lipinski definition) is 3. The molecule has 5 heteroatoms. The average molecular weight is 325 g/mol. The second-order valence-electron chi connectivity index (χ2n) is 7.23. The van der Waals surface area contributed by atoms with Crippen LogP contribution in [0.4, 0.5) is 0 Å². The van der Waals surface area contributed by atoms with E-state index in [9.17, 15) is 4.79 Å². The van der Waals surface area contributed by atoms with E-state index in [2.05, 4.69) is 5.32 Å². The topological polar surface area (TPSA) is 47.6 Å². The molecule has 1 fully saturated rings. The number of hydrogen-bond donors (Lipinski definition) is 1. The van der Waals surface area contributed by atoms with E-state index in [4.69, 9.17) is 9.31 Å². The van der Waals surface area contributed by atoms with Gasteiger partial charge in [-0.25, -0.2) is 0 Å². The molecular weight excluding hydrogens is 301 g/mol. The summed E-state index contributed by atoms with van der Waals surface area (Å²) in [6.45, 7) is 10.7. The molecule has 24 heavy (non-hydrogen) atoms. The van der Waals surface area contributed by atoms with E-state index >= 15 is 0 Å². The third kappa shape index (κ3) is 2.83. The molecule has 0 saturated carbocycles. The fourth-order valence-electron chi connectivity index (χ4n) is 2.89. The highest BCUT2D eigenvalue weighted by atomic mass is 16.7. The van der Waals surface area contributed by atoms with Crippen molar-refractivity contribution in [2.45, 2.75) is 45.8 Å². The zero-order valence-electron chi connectivity index (χ0n) is 15.0. The Morgan fingerprint density at radius 1 is 1.08 bits per heavy atom. The Morgan fingerprint density at radius 2 is 1.75 bits per heavy atom. The predicted octanol–water partition coefficient (Wildman–Crippen LogP) is 2.89. The van der Waals surface area contributed by atoms with Crippen molar-refractivity contribution in [1.29, 1.82) is 0 Å². The molecule has 0 unspecified atom stereocenters. The van der Waals surface area contributed by atoms with Gasteiger partial charge in [-0.3, -0.25) is 4.79 Å². The van der Waals surface area contributed by atoms with E-state index in [0.717, 1.165) is 16.2 Å². The van der Waals surface area contributed by atoms with Crippen LogP contribution in [0.1, 0.15) is 45.0 Å². The molecule has 0 bridgehead atoms. The molecule has 1 N–H and O–H groups in total. The number of rotatable bonds is 3. The number of amides is 1. The van der Waals surface area contributed by atoms with E-state index < -0.39 is 7.12 Å². The van der Waals surface area contributed by atoms with E-state index in [1.807, 2.05) is 71.0 Å². The summed E-state index contributed by atoms with van der Waals surface area (Å²) in [5, 5.41) is 4.88. The van der Waals surface area contributed by atoms with Crippen LogP contribution in [0.25, 0.3) is 10.8 Å². The first-order valence-corrected chi connectivity index (χ1v) is 8.42. The van der Waals surface area contributed by atoms with E-state index in [1.54, 1.807) is 0 Å². The van der Waals surface area contributed by atoms with Gasteiger partial charge in [0.2, 0.25) is 0 Å². The maximum Gasteiger partial charge on any atom is 0.495 e. The summed E-state index contributed by atoms with van der Waals surface area (Å²) in [4.78, 5) is 12.0. The molecule has 2 aromatic rings. The van der Waals surface area contributed by atoms with Crippen molar-refractivity contribution in [3.8, 4) is 0 Å². The highest BCUT2D eigenvalue weighted by Gasteiger charge is 2.52. The molecule has 1 aliphatic heterocycles. The van der Waals surface area contributed by atoms with Crippen LogP contribution in [-0.4, -0.2) is 30.8 Å². The number of benzene rings is 2. The molecular formula is C19H24BNO3. The Balaban J connectivity index is 2.00. The highest BCUT2D eigenvalue weighted by Crippen LogP contribution is 2.37. The largest absolute Gasteiger partial charge is 0.495 e. The summed E-state index contributed by atoms with van der Waals surface area (Å²) in [7, 11) is -0.408. The molecule has 0 spiro atoms. The first-order valence-electron chi connectivity index (χ1n) is 8.42. The van der Waals surface area contributed by atoms with Crippen molar-refractivity contribution in [1.82, 2.24) is 5.32 Å². The number of fused-ring (bicyclic) bond motifs is 1. The first-order chi connectivity index (χ1) is 11.2. The minimum absolute atomic E-state index is 0.0552. The van der Waals surface area contributed by atoms with Gasteiger partial charge in [-0.15, -0.1) is 0 Å². The zero-order chi connectivity index (χ0) is 17.5. The van der Waals surface area contributed by atoms with E-state index in [1.165, 1.54) is 0 Å². The molecule has 126 valence electrons. The maximum atomic E-state index is 12.0. The van der Waals surface area contributed by atoms with Crippen LogP contribution in [0.5, 0.6) is 0 Å². The molecule has 1 amide bonds. The SMILES string of the molecule is CCNC(=O)c1ccc2c(B3OC(C)(C)C(C)(C)O3)cccc2c1. The monoisotopic (exact) mass is 325 g/mol. The molecule has 1 saturated heterocycles. The molecule has 3 rings (SSSR count). The van der Waals surface area contributed by atoms with Crippen LogP contribution < -0.4 is 10.8 Å². The summed E-state index contributed by atoms with van der Waals surface area (Å²) in [5.41, 5.74) is 0.908. The molecule has 1 heterocycles. The van der Waals surface area contributed by atoms with Crippen molar-refractivity contribution < 1.29 is 14.1 Å². The minimum Gasteiger partial charge on any atom is -0.399 e. The molecule has 0 atom stereocenters. The van der Waals surface area contributed by atoms with Gasteiger partial charge in [0, 0.05) is 12.1 Å². The Bertz CT molecular complexity index is 769. The lowest BCUT2D eigenvalue weighted by atomic mass is 9.76. The van der Waals surface area contributed by atoms with Gasteiger partial charge >= 0.3 is 7.12 Å². The van der Waals surface area contributed by atoms with Crippen LogP contribution in [0, 0.1) is 0 Å². The molecule has 0 aliphatic carbocycles. The van der Waals surface area contributed by atoms with Gasteiger partial charge in [0.05, 0.1) is 11.2 Å². The highest BCUT2D eigenvalue weighted by molar-refractivity contribution is 6.65. The molecule has 0 radical (unpaired) electrons. The smallest absolute Gasteiger partial charge is 0.399 e. The van der Waals surface area contributed by atoms with Gasteiger partial charge in [0.1, 0.15) is 0 Å². The van der Waals surface area contributed by atoms with Crippen LogP contribution in [0.15, 0.2) is 36.4 Å². The Labute approximate surface area is 143 Å². The quantitative estimate of drug-likeness (QED) is 0.883. The lowest BCUT2D eigenvalue weighted by Gasteiger charge is -2.32. The lowest BCUT2D eigenvalue weighted by molar-refractivity contribution is 0.00578. The summed E-state index contributed by atoms with van der Waals surface area (Å²) < 4.78 is 12.3. The third-order valence-electron chi connectivity index (χ3n) is 5.02. The fraction of sp³-hybridized carbons (Fsp3) is 0.421. The van der Waals surface area contributed by atoms with Crippen LogP contribution in [-0.2, 0) is 9.31 Å². The average Bonchev–Trinajstić information content (AvgIpc) is 2.74. The standard InChI is InChI=1S/C19H24BNO3/c1-6-21-17(22)14-10-11-15-13(12-14)8-7-9-16(15)20-23-18(2,3)19(4,5)24-20/h7-12H,6H2,1-5H3,(H,21,22). The van der Waals surface area contributed by atoms with Crippen LogP contribution in [0.2, 0.25) is 0 Å². The van der Waals surface area contributed by atoms with Gasteiger partial charge in [-0.05, 0) is 63.0 Å². The third-order valence-corrected chi connectivity index (χ3v) is 5.02. The Hall–Kier alpha value is -1.85. The van der Waals surface area contributed by atoms with E-state index in [-0.39, 0.29) is 17.1 Å². The van der Waals surface area contributed by atoms with Gasteiger partial charge < -0.3 is 14.6 Å². The number of carbonyl (C=O) groups is 1. The first kappa shape index (κ1) is 17.0. The summed E-state index contributed by atoms with van der Waals surface area (Å²) in [6.07, 6.45) is 0. The van der Waals surface area contributed by atoms with Crippen LogP contribution >= 0.6 is 0 Å². The Morgan fingerprint density at radius 3 is 2.38 bits per heavy atom. The molecule has 2 aromatic carbocycles. The summed E-state index contributed by atoms with van der Waals surface area (Å²) >= 11 is 0. The van der Waals surface area contributed by atoms with E-state index in [0.29, 0.717) is 12.1 Å². The minimum atomic E-state index is -0.408. The Kier molecular flexibility index (Phi) is 4.18. The molecule has 4 nitrogen and oxygen atoms in total. The van der Waals surface area contributed by atoms with Crippen molar-refractivity contribution in [2.75, 3.05) is 6.54 Å². The molecule has 1 aliphatic rings.